The molecule has 0 spiro atoms. The van der Waals surface area contributed by atoms with E-state index in [1.807, 2.05) is 12.1 Å². The van der Waals surface area contributed by atoms with Gasteiger partial charge in [-0.3, -0.25) is 4.79 Å². The lowest BCUT2D eigenvalue weighted by atomic mass is 9.83. The Labute approximate surface area is 110 Å². The van der Waals surface area contributed by atoms with Crippen LogP contribution >= 0.6 is 15.9 Å². The summed E-state index contributed by atoms with van der Waals surface area (Å²) >= 11 is 3.34. The van der Waals surface area contributed by atoms with Crippen molar-refractivity contribution in [3.8, 4) is 0 Å². The van der Waals surface area contributed by atoms with Crippen molar-refractivity contribution < 1.29 is 14.6 Å². The normalized spacial score (nSPS) is 13.2. The molecule has 0 heterocycles. The largest absolute Gasteiger partial charge is 0.465 e. The second-order valence-electron chi connectivity index (χ2n) is 4.40. The molecule has 0 aromatic heterocycles. The Morgan fingerprint density at radius 3 is 2.71 bits per heavy atom. The first-order valence-corrected chi connectivity index (χ1v) is 6.29. The molecule has 0 amide bonds. The Balaban J connectivity index is 2.95. The third-order valence-corrected chi connectivity index (χ3v) is 3.14. The van der Waals surface area contributed by atoms with E-state index in [0.717, 1.165) is 4.47 Å². The number of halogens is 1. The SMILES string of the molecule is CCOC(=O)C(C)(C)C(O)c1cccc(Br)c1. The second kappa shape index (κ2) is 5.65. The number of hydrogen-bond donors (Lipinski definition) is 1. The van der Waals surface area contributed by atoms with Crippen molar-refractivity contribution in [2.75, 3.05) is 6.61 Å². The molecule has 1 N–H and O–H groups in total. The van der Waals surface area contributed by atoms with Gasteiger partial charge < -0.3 is 9.84 Å². The molecule has 1 unspecified atom stereocenters. The number of carbonyl (C=O) groups excluding carboxylic acids is 1. The summed E-state index contributed by atoms with van der Waals surface area (Å²) in [5.74, 6) is -0.396. The van der Waals surface area contributed by atoms with Gasteiger partial charge in [0.15, 0.2) is 0 Å². The van der Waals surface area contributed by atoms with Crippen LogP contribution in [0.5, 0.6) is 0 Å². The van der Waals surface area contributed by atoms with Crippen LogP contribution in [0.1, 0.15) is 32.4 Å². The molecule has 1 rings (SSSR count). The van der Waals surface area contributed by atoms with Gasteiger partial charge in [0.25, 0.3) is 0 Å². The second-order valence-corrected chi connectivity index (χ2v) is 5.32. The lowest BCUT2D eigenvalue weighted by molar-refractivity contribution is -0.160. The van der Waals surface area contributed by atoms with Crippen LogP contribution in [0.25, 0.3) is 0 Å². The molecule has 0 aliphatic heterocycles. The maximum Gasteiger partial charge on any atom is 0.314 e. The summed E-state index contributed by atoms with van der Waals surface area (Å²) in [5.41, 5.74) is -0.269. The summed E-state index contributed by atoms with van der Waals surface area (Å²) in [6, 6.07) is 7.28. The molecule has 0 aliphatic rings. The molecular weight excluding hydrogens is 284 g/mol. The number of aliphatic hydroxyl groups excluding tert-OH is 1. The third-order valence-electron chi connectivity index (χ3n) is 2.65. The molecule has 0 fully saturated rings. The Bertz CT molecular complexity index is 401. The number of aliphatic hydroxyl groups is 1. The lowest BCUT2D eigenvalue weighted by Crippen LogP contribution is -2.33. The van der Waals surface area contributed by atoms with Gasteiger partial charge in [0.2, 0.25) is 0 Å². The van der Waals surface area contributed by atoms with E-state index < -0.39 is 17.5 Å². The Hall–Kier alpha value is -0.870. The molecule has 94 valence electrons. The zero-order valence-electron chi connectivity index (χ0n) is 10.2. The van der Waals surface area contributed by atoms with E-state index in [9.17, 15) is 9.90 Å². The Morgan fingerprint density at radius 1 is 1.53 bits per heavy atom. The fourth-order valence-corrected chi connectivity index (χ4v) is 1.94. The summed E-state index contributed by atoms with van der Waals surface area (Å²) in [6.07, 6.45) is -0.890. The number of hydrogen-bond acceptors (Lipinski definition) is 3. The highest BCUT2D eigenvalue weighted by atomic mass is 79.9. The van der Waals surface area contributed by atoms with Crippen molar-refractivity contribution in [2.45, 2.75) is 26.9 Å². The van der Waals surface area contributed by atoms with Crippen LogP contribution in [0.15, 0.2) is 28.7 Å². The Kier molecular flexibility index (Phi) is 4.71. The first-order valence-electron chi connectivity index (χ1n) is 5.50. The third kappa shape index (κ3) is 3.30. The summed E-state index contributed by atoms with van der Waals surface area (Å²) in [6.45, 7) is 5.42. The molecular formula is C13H17BrO3. The number of carbonyl (C=O) groups is 1. The van der Waals surface area contributed by atoms with E-state index in [2.05, 4.69) is 15.9 Å². The molecule has 4 heteroatoms. The predicted octanol–water partition coefficient (Wildman–Crippen LogP) is 3.07. The first kappa shape index (κ1) is 14.2. The lowest BCUT2D eigenvalue weighted by Gasteiger charge is -2.28. The van der Waals surface area contributed by atoms with Crippen LogP contribution in [0.4, 0.5) is 0 Å². The number of rotatable bonds is 4. The molecule has 1 aromatic rings. The zero-order valence-corrected chi connectivity index (χ0v) is 11.8. The minimum atomic E-state index is -0.962. The Morgan fingerprint density at radius 2 is 2.18 bits per heavy atom. The van der Waals surface area contributed by atoms with Crippen molar-refractivity contribution in [1.29, 1.82) is 0 Å². The first-order chi connectivity index (χ1) is 7.89. The minimum Gasteiger partial charge on any atom is -0.465 e. The predicted molar refractivity (Wildman–Crippen MR) is 69.5 cm³/mol. The van der Waals surface area contributed by atoms with Crippen molar-refractivity contribution in [3.05, 3.63) is 34.3 Å². The van der Waals surface area contributed by atoms with Gasteiger partial charge in [0.05, 0.1) is 18.1 Å². The van der Waals surface area contributed by atoms with Crippen LogP contribution in [-0.2, 0) is 9.53 Å². The highest BCUT2D eigenvalue weighted by Gasteiger charge is 2.38. The molecule has 1 aromatic carbocycles. The smallest absolute Gasteiger partial charge is 0.314 e. The van der Waals surface area contributed by atoms with E-state index >= 15 is 0 Å². The maximum atomic E-state index is 11.8. The van der Waals surface area contributed by atoms with Gasteiger partial charge in [-0.2, -0.15) is 0 Å². The van der Waals surface area contributed by atoms with Crippen LogP contribution in [0, 0.1) is 5.41 Å². The summed E-state index contributed by atoms with van der Waals surface area (Å²) in [7, 11) is 0. The maximum absolute atomic E-state index is 11.8. The van der Waals surface area contributed by atoms with Crippen LogP contribution in [0.3, 0.4) is 0 Å². The van der Waals surface area contributed by atoms with Gasteiger partial charge in [-0.25, -0.2) is 0 Å². The molecule has 0 aliphatic carbocycles. The summed E-state index contributed by atoms with van der Waals surface area (Å²) in [5, 5.41) is 10.2. The molecule has 1 atom stereocenters. The quantitative estimate of drug-likeness (QED) is 0.869. The molecule has 0 saturated carbocycles. The molecule has 0 bridgehead atoms. The van der Waals surface area contributed by atoms with Crippen LogP contribution in [-0.4, -0.2) is 17.7 Å². The van der Waals surface area contributed by atoms with Crippen LogP contribution < -0.4 is 0 Å². The molecule has 0 radical (unpaired) electrons. The molecule has 3 nitrogen and oxygen atoms in total. The molecule has 0 saturated heterocycles. The van der Waals surface area contributed by atoms with Gasteiger partial charge in [-0.1, -0.05) is 28.1 Å². The van der Waals surface area contributed by atoms with Crippen LogP contribution in [0.2, 0.25) is 0 Å². The van der Waals surface area contributed by atoms with Crippen molar-refractivity contribution in [1.82, 2.24) is 0 Å². The van der Waals surface area contributed by atoms with E-state index in [0.29, 0.717) is 12.2 Å². The van der Waals surface area contributed by atoms with E-state index in [1.54, 1.807) is 32.9 Å². The van der Waals surface area contributed by atoms with Crippen molar-refractivity contribution in [2.24, 2.45) is 5.41 Å². The van der Waals surface area contributed by atoms with Crippen molar-refractivity contribution in [3.63, 3.8) is 0 Å². The van der Waals surface area contributed by atoms with Crippen molar-refractivity contribution >= 4 is 21.9 Å². The van der Waals surface area contributed by atoms with Gasteiger partial charge in [0.1, 0.15) is 0 Å². The van der Waals surface area contributed by atoms with E-state index in [4.69, 9.17) is 4.74 Å². The summed E-state index contributed by atoms with van der Waals surface area (Å²) < 4.78 is 5.84. The number of ether oxygens (including phenoxy) is 1. The average Bonchev–Trinajstić information content (AvgIpc) is 2.28. The molecule has 17 heavy (non-hydrogen) atoms. The number of benzene rings is 1. The van der Waals surface area contributed by atoms with Gasteiger partial charge in [-0.05, 0) is 38.5 Å². The van der Waals surface area contributed by atoms with E-state index in [-0.39, 0.29) is 0 Å². The van der Waals surface area contributed by atoms with Gasteiger partial charge >= 0.3 is 5.97 Å². The standard InChI is InChI=1S/C13H17BrO3/c1-4-17-12(16)13(2,3)11(15)9-6-5-7-10(14)8-9/h5-8,11,15H,4H2,1-3H3. The monoisotopic (exact) mass is 300 g/mol. The zero-order chi connectivity index (χ0) is 13.1. The van der Waals surface area contributed by atoms with E-state index in [1.165, 1.54) is 0 Å². The highest BCUT2D eigenvalue weighted by Crippen LogP contribution is 2.35. The average molecular weight is 301 g/mol. The number of esters is 1. The fourth-order valence-electron chi connectivity index (χ4n) is 1.52. The topological polar surface area (TPSA) is 46.5 Å². The van der Waals surface area contributed by atoms with Gasteiger partial charge in [0, 0.05) is 4.47 Å². The minimum absolute atomic E-state index is 0.313. The highest BCUT2D eigenvalue weighted by molar-refractivity contribution is 9.10. The fraction of sp³-hybridized carbons (Fsp3) is 0.462. The van der Waals surface area contributed by atoms with Gasteiger partial charge in [-0.15, -0.1) is 0 Å². The summed E-state index contributed by atoms with van der Waals surface area (Å²) in [4.78, 5) is 11.8.